The van der Waals surface area contributed by atoms with Gasteiger partial charge in [-0.1, -0.05) is 0 Å². The summed E-state index contributed by atoms with van der Waals surface area (Å²) in [4.78, 5) is 39.0. The third kappa shape index (κ3) is 4.10. The number of piperazine rings is 1. The van der Waals surface area contributed by atoms with Crippen molar-refractivity contribution in [2.75, 3.05) is 26.7 Å². The van der Waals surface area contributed by atoms with Crippen molar-refractivity contribution in [3.63, 3.8) is 0 Å². The van der Waals surface area contributed by atoms with Crippen molar-refractivity contribution in [1.29, 1.82) is 0 Å². The quantitative estimate of drug-likeness (QED) is 0.524. The van der Waals surface area contributed by atoms with Gasteiger partial charge in [-0.2, -0.15) is 10.2 Å². The Morgan fingerprint density at radius 1 is 1.29 bits per heavy atom. The fraction of sp³-hybridized carbons (Fsp3) is 0.688. The Labute approximate surface area is 141 Å². The van der Waals surface area contributed by atoms with Crippen LogP contribution in [0.4, 0.5) is 0 Å². The predicted octanol–water partition coefficient (Wildman–Crippen LogP) is 0.574. The molecule has 2 amide bonds. The van der Waals surface area contributed by atoms with E-state index < -0.39 is 17.7 Å². The maximum Gasteiger partial charge on any atom is 0.330 e. The predicted molar refractivity (Wildman–Crippen MR) is 84.7 cm³/mol. The van der Waals surface area contributed by atoms with Crippen molar-refractivity contribution >= 4 is 17.8 Å². The van der Waals surface area contributed by atoms with E-state index in [2.05, 4.69) is 16.1 Å². The van der Waals surface area contributed by atoms with Gasteiger partial charge < -0.3 is 14.5 Å². The molecule has 8 heteroatoms. The number of amides is 2. The number of ether oxygens (including phenoxy) is 1. The number of rotatable bonds is 6. The fourth-order valence-electron chi connectivity index (χ4n) is 2.86. The third-order valence-electron chi connectivity index (χ3n) is 4.40. The second-order valence-corrected chi connectivity index (χ2v) is 5.98. The van der Waals surface area contributed by atoms with Gasteiger partial charge in [0.15, 0.2) is 5.66 Å². The third-order valence-corrected chi connectivity index (χ3v) is 4.40. The van der Waals surface area contributed by atoms with Crippen molar-refractivity contribution in [3.05, 3.63) is 0 Å². The molecular weight excluding hydrogens is 312 g/mol. The molecule has 24 heavy (non-hydrogen) atoms. The Morgan fingerprint density at radius 2 is 2.00 bits per heavy atom. The first-order valence-electron chi connectivity index (χ1n) is 7.93. The molecule has 0 saturated carbocycles. The number of hydrogen-bond acceptors (Lipinski definition) is 6. The second kappa shape index (κ2) is 7.43. The van der Waals surface area contributed by atoms with Crippen molar-refractivity contribution in [1.82, 2.24) is 9.80 Å². The van der Waals surface area contributed by atoms with Gasteiger partial charge in [-0.05, 0) is 0 Å². The standard InChI is InChI=1S/C16H22N4O4/c1-4-5-7-16(17-18-16)8-6-14(22)19-9-10-20(12(2)21)13(11-19)15(23)24-3/h1,13H,5-11H2,2-3H3. The molecule has 0 aromatic heterocycles. The van der Waals surface area contributed by atoms with Gasteiger partial charge in [-0.3, -0.25) is 9.59 Å². The summed E-state index contributed by atoms with van der Waals surface area (Å²) in [5.41, 5.74) is -0.495. The van der Waals surface area contributed by atoms with E-state index in [-0.39, 0.29) is 24.8 Å². The Morgan fingerprint density at radius 3 is 2.54 bits per heavy atom. The minimum Gasteiger partial charge on any atom is -0.467 e. The second-order valence-electron chi connectivity index (χ2n) is 5.98. The van der Waals surface area contributed by atoms with Crippen LogP contribution in [0, 0.1) is 12.3 Å². The van der Waals surface area contributed by atoms with Crippen LogP contribution in [0.5, 0.6) is 0 Å². The molecule has 1 fully saturated rings. The average Bonchev–Trinajstić information content (AvgIpc) is 3.36. The number of carbonyl (C=O) groups excluding carboxylic acids is 3. The van der Waals surface area contributed by atoms with Gasteiger partial charge in [0.2, 0.25) is 11.8 Å². The fourth-order valence-corrected chi connectivity index (χ4v) is 2.86. The van der Waals surface area contributed by atoms with Gasteiger partial charge in [0.05, 0.1) is 13.7 Å². The van der Waals surface area contributed by atoms with Crippen molar-refractivity contribution in [2.24, 2.45) is 10.2 Å². The van der Waals surface area contributed by atoms with E-state index in [1.54, 1.807) is 4.90 Å². The number of hydrogen-bond donors (Lipinski definition) is 0. The van der Waals surface area contributed by atoms with Crippen molar-refractivity contribution in [3.8, 4) is 12.3 Å². The monoisotopic (exact) mass is 334 g/mol. The highest BCUT2D eigenvalue weighted by Gasteiger charge is 2.41. The van der Waals surface area contributed by atoms with Crippen molar-refractivity contribution in [2.45, 2.75) is 44.3 Å². The largest absolute Gasteiger partial charge is 0.467 e. The van der Waals surface area contributed by atoms with Gasteiger partial charge in [-0.25, -0.2) is 4.79 Å². The van der Waals surface area contributed by atoms with Crippen LogP contribution in [0.1, 0.15) is 32.6 Å². The summed E-state index contributed by atoms with van der Waals surface area (Å²) in [5, 5.41) is 8.02. The number of methoxy groups -OCH3 is 1. The molecule has 1 unspecified atom stereocenters. The molecular formula is C16H22N4O4. The zero-order valence-electron chi connectivity index (χ0n) is 14.0. The molecule has 0 radical (unpaired) electrons. The zero-order valence-corrected chi connectivity index (χ0v) is 14.0. The van der Waals surface area contributed by atoms with Crippen LogP contribution < -0.4 is 0 Å². The molecule has 2 aliphatic heterocycles. The summed E-state index contributed by atoms with van der Waals surface area (Å²) < 4.78 is 4.75. The Bertz CT molecular complexity index is 589. The van der Waals surface area contributed by atoms with Crippen LogP contribution >= 0.6 is 0 Å². The number of terminal acetylenes is 1. The first kappa shape index (κ1) is 17.9. The lowest BCUT2D eigenvalue weighted by Gasteiger charge is -2.39. The van der Waals surface area contributed by atoms with Gasteiger partial charge >= 0.3 is 5.97 Å². The first-order chi connectivity index (χ1) is 11.4. The van der Waals surface area contributed by atoms with Gasteiger partial charge in [0, 0.05) is 45.7 Å². The highest BCUT2D eigenvalue weighted by Crippen LogP contribution is 2.37. The molecule has 8 nitrogen and oxygen atoms in total. The SMILES string of the molecule is C#CCCC1(CCC(=O)N2CCN(C(C)=O)C(C(=O)OC)C2)N=N1. The van der Waals surface area contributed by atoms with Crippen LogP contribution in [0.3, 0.4) is 0 Å². The molecule has 0 bridgehead atoms. The smallest absolute Gasteiger partial charge is 0.330 e. The molecule has 2 rings (SSSR count). The zero-order chi connectivity index (χ0) is 17.7. The Balaban J connectivity index is 1.90. The maximum atomic E-state index is 12.4. The number of nitrogens with zero attached hydrogens (tertiary/aromatic N) is 4. The minimum absolute atomic E-state index is 0.0792. The minimum atomic E-state index is -0.754. The van der Waals surface area contributed by atoms with Gasteiger partial charge in [0.25, 0.3) is 0 Å². The molecule has 1 saturated heterocycles. The lowest BCUT2D eigenvalue weighted by Crippen LogP contribution is -2.59. The van der Waals surface area contributed by atoms with E-state index in [9.17, 15) is 14.4 Å². The summed E-state index contributed by atoms with van der Waals surface area (Å²) in [5.74, 6) is 1.75. The molecule has 0 aromatic rings. The van der Waals surface area contributed by atoms with Crippen LogP contribution in [0.25, 0.3) is 0 Å². The van der Waals surface area contributed by atoms with E-state index in [1.165, 1.54) is 18.9 Å². The van der Waals surface area contributed by atoms with E-state index in [0.717, 1.165) is 0 Å². The topological polar surface area (TPSA) is 91.6 Å². The van der Waals surface area contributed by atoms with E-state index in [4.69, 9.17) is 11.2 Å². The van der Waals surface area contributed by atoms with E-state index in [1.807, 2.05) is 0 Å². The normalized spacial score (nSPS) is 21.1. The first-order valence-corrected chi connectivity index (χ1v) is 7.93. The number of carbonyl (C=O) groups is 3. The van der Waals surface area contributed by atoms with Gasteiger partial charge in [-0.15, -0.1) is 12.3 Å². The number of esters is 1. The lowest BCUT2D eigenvalue weighted by atomic mass is 10.0. The molecule has 0 aromatic carbocycles. The molecule has 0 aliphatic carbocycles. The van der Waals surface area contributed by atoms with Crippen molar-refractivity contribution < 1.29 is 19.1 Å². The van der Waals surface area contributed by atoms with Crippen LogP contribution in [-0.2, 0) is 19.1 Å². The van der Waals surface area contributed by atoms with E-state index in [0.29, 0.717) is 32.4 Å². The summed E-state index contributed by atoms with van der Waals surface area (Å²) in [6.07, 6.45) is 7.27. The van der Waals surface area contributed by atoms with Gasteiger partial charge in [0.1, 0.15) is 6.04 Å². The molecule has 2 aliphatic rings. The van der Waals surface area contributed by atoms with Crippen LogP contribution in [0.15, 0.2) is 10.2 Å². The van der Waals surface area contributed by atoms with E-state index >= 15 is 0 Å². The Hall–Kier alpha value is -2.43. The molecule has 0 spiro atoms. The summed E-state index contributed by atoms with van der Waals surface area (Å²) in [7, 11) is 1.27. The molecule has 0 N–H and O–H groups in total. The average molecular weight is 334 g/mol. The summed E-state index contributed by atoms with van der Waals surface area (Å²) >= 11 is 0. The lowest BCUT2D eigenvalue weighted by molar-refractivity contribution is -0.157. The molecule has 1 atom stereocenters. The highest BCUT2D eigenvalue weighted by atomic mass is 16.5. The molecule has 130 valence electrons. The summed E-state index contributed by atoms with van der Waals surface area (Å²) in [6, 6.07) is -0.754. The van der Waals surface area contributed by atoms with Crippen LogP contribution in [-0.4, -0.2) is 66.0 Å². The Kier molecular flexibility index (Phi) is 5.54. The highest BCUT2D eigenvalue weighted by molar-refractivity contribution is 5.85. The summed E-state index contributed by atoms with van der Waals surface area (Å²) in [6.45, 7) is 2.27. The van der Waals surface area contributed by atoms with Crippen LogP contribution in [0.2, 0.25) is 0 Å². The molecule has 2 heterocycles. The maximum absolute atomic E-state index is 12.4.